The first kappa shape index (κ1) is 20.4. The molecule has 156 valence electrons. The predicted molar refractivity (Wildman–Crippen MR) is 121 cm³/mol. The summed E-state index contributed by atoms with van der Waals surface area (Å²) in [6.45, 7) is 0.362. The SMILES string of the molecule is O=C(O)Cn1c(-c2ccc(C(=O)NCc3ccccc3)cc2)ccc1C1C=CC=CC1. The molecule has 1 aliphatic carbocycles. The molecule has 0 radical (unpaired) electrons. The van der Waals surface area contributed by atoms with Crippen molar-refractivity contribution in [3.8, 4) is 11.3 Å². The fourth-order valence-corrected chi connectivity index (χ4v) is 3.84. The number of nitrogens with zero attached hydrogens (tertiary/aromatic N) is 1. The Morgan fingerprint density at radius 3 is 2.42 bits per heavy atom. The average Bonchev–Trinajstić information content (AvgIpc) is 3.21. The van der Waals surface area contributed by atoms with E-state index in [4.69, 9.17) is 0 Å². The number of nitrogens with one attached hydrogen (secondary N) is 1. The number of carboxylic acid groups (broad SMARTS) is 1. The van der Waals surface area contributed by atoms with Crippen molar-refractivity contribution in [1.29, 1.82) is 0 Å². The molecule has 0 saturated carbocycles. The van der Waals surface area contributed by atoms with E-state index in [1.807, 2.05) is 71.3 Å². The fraction of sp³-hybridized carbons (Fsp3) is 0.154. The Hall–Kier alpha value is -3.86. The van der Waals surface area contributed by atoms with Gasteiger partial charge in [0.15, 0.2) is 0 Å². The Kier molecular flexibility index (Phi) is 6.13. The zero-order chi connectivity index (χ0) is 21.6. The van der Waals surface area contributed by atoms with E-state index in [9.17, 15) is 14.7 Å². The molecule has 0 saturated heterocycles. The highest BCUT2D eigenvalue weighted by atomic mass is 16.4. The molecule has 1 atom stereocenters. The Morgan fingerprint density at radius 2 is 1.74 bits per heavy atom. The number of aromatic nitrogens is 1. The maximum atomic E-state index is 12.5. The molecular formula is C26H24N2O3. The number of hydrogen-bond acceptors (Lipinski definition) is 2. The highest BCUT2D eigenvalue weighted by molar-refractivity contribution is 5.94. The molecule has 1 aliphatic rings. The minimum Gasteiger partial charge on any atom is -0.480 e. The summed E-state index contributed by atoms with van der Waals surface area (Å²) < 4.78 is 1.85. The Balaban J connectivity index is 1.53. The second-order valence-corrected chi connectivity index (χ2v) is 7.52. The second kappa shape index (κ2) is 9.30. The van der Waals surface area contributed by atoms with Crippen molar-refractivity contribution in [3.63, 3.8) is 0 Å². The van der Waals surface area contributed by atoms with E-state index in [1.54, 1.807) is 12.1 Å². The van der Waals surface area contributed by atoms with Crippen LogP contribution in [0.25, 0.3) is 11.3 Å². The summed E-state index contributed by atoms with van der Waals surface area (Å²) in [6.07, 6.45) is 9.03. The van der Waals surface area contributed by atoms with Crippen LogP contribution in [0.15, 0.2) is 91.0 Å². The first-order valence-corrected chi connectivity index (χ1v) is 10.3. The molecule has 5 nitrogen and oxygen atoms in total. The molecule has 0 aliphatic heterocycles. The summed E-state index contributed by atoms with van der Waals surface area (Å²) >= 11 is 0. The molecule has 5 heteroatoms. The van der Waals surface area contributed by atoms with Gasteiger partial charge in [0, 0.05) is 29.4 Å². The third-order valence-electron chi connectivity index (χ3n) is 5.41. The van der Waals surface area contributed by atoms with Crippen molar-refractivity contribution < 1.29 is 14.7 Å². The monoisotopic (exact) mass is 412 g/mol. The Morgan fingerprint density at radius 1 is 0.968 bits per heavy atom. The summed E-state index contributed by atoms with van der Waals surface area (Å²) in [6, 6.07) is 21.0. The number of carboxylic acids is 1. The molecule has 31 heavy (non-hydrogen) atoms. The molecule has 4 rings (SSSR count). The van der Waals surface area contributed by atoms with Crippen LogP contribution in [0.5, 0.6) is 0 Å². The predicted octanol–water partition coefficient (Wildman–Crippen LogP) is 4.77. The van der Waals surface area contributed by atoms with Crippen molar-refractivity contribution in [3.05, 3.63) is 108 Å². The maximum absolute atomic E-state index is 12.5. The van der Waals surface area contributed by atoms with Gasteiger partial charge in [-0.1, -0.05) is 66.8 Å². The van der Waals surface area contributed by atoms with Crippen molar-refractivity contribution in [1.82, 2.24) is 9.88 Å². The van der Waals surface area contributed by atoms with Gasteiger partial charge in [-0.05, 0) is 41.8 Å². The molecule has 1 unspecified atom stereocenters. The van der Waals surface area contributed by atoms with Crippen LogP contribution >= 0.6 is 0 Å². The van der Waals surface area contributed by atoms with Crippen molar-refractivity contribution in [2.75, 3.05) is 0 Å². The number of rotatable bonds is 7. The van der Waals surface area contributed by atoms with Crippen molar-refractivity contribution >= 4 is 11.9 Å². The largest absolute Gasteiger partial charge is 0.480 e. The number of carbonyl (C=O) groups excluding carboxylic acids is 1. The van der Waals surface area contributed by atoms with Gasteiger partial charge in [-0.25, -0.2) is 0 Å². The van der Waals surface area contributed by atoms with Gasteiger partial charge in [0.05, 0.1) is 0 Å². The van der Waals surface area contributed by atoms with E-state index in [1.165, 1.54) is 0 Å². The van der Waals surface area contributed by atoms with Crippen LogP contribution in [0.3, 0.4) is 0 Å². The molecule has 0 fully saturated rings. The highest BCUT2D eigenvalue weighted by Crippen LogP contribution is 2.31. The maximum Gasteiger partial charge on any atom is 0.323 e. The van der Waals surface area contributed by atoms with Gasteiger partial charge in [-0.15, -0.1) is 0 Å². The van der Waals surface area contributed by atoms with Gasteiger partial charge < -0.3 is 15.0 Å². The molecular weight excluding hydrogens is 388 g/mol. The fourth-order valence-electron chi connectivity index (χ4n) is 3.84. The third-order valence-corrected chi connectivity index (χ3v) is 5.41. The number of hydrogen-bond donors (Lipinski definition) is 2. The molecule has 2 aromatic carbocycles. The number of aliphatic carboxylic acids is 1. The van der Waals surface area contributed by atoms with Gasteiger partial charge in [0.2, 0.25) is 0 Å². The van der Waals surface area contributed by atoms with Crippen LogP contribution in [-0.2, 0) is 17.9 Å². The zero-order valence-electron chi connectivity index (χ0n) is 17.1. The minimum atomic E-state index is -0.883. The number of carbonyl (C=O) groups is 2. The Bertz CT molecular complexity index is 1130. The lowest BCUT2D eigenvalue weighted by Gasteiger charge is -2.18. The highest BCUT2D eigenvalue weighted by Gasteiger charge is 2.19. The number of amides is 1. The van der Waals surface area contributed by atoms with Crippen LogP contribution in [0.1, 0.15) is 34.0 Å². The lowest BCUT2D eigenvalue weighted by molar-refractivity contribution is -0.137. The smallest absolute Gasteiger partial charge is 0.323 e. The van der Waals surface area contributed by atoms with Crippen LogP contribution < -0.4 is 5.32 Å². The minimum absolute atomic E-state index is 0.106. The molecule has 1 aromatic heterocycles. The van der Waals surface area contributed by atoms with Crippen LogP contribution in [0.2, 0.25) is 0 Å². The van der Waals surface area contributed by atoms with E-state index >= 15 is 0 Å². The van der Waals surface area contributed by atoms with Gasteiger partial charge >= 0.3 is 5.97 Å². The quantitative estimate of drug-likeness (QED) is 0.587. The standard InChI is InChI=1S/C26H24N2O3/c29-25(30)18-28-23(20-9-5-2-6-10-20)15-16-24(28)21-11-13-22(14-12-21)26(31)27-17-19-7-3-1-4-8-19/h1-9,11-16,20H,10,17-18H2,(H,27,31)(H,29,30). The summed E-state index contributed by atoms with van der Waals surface area (Å²) in [5, 5.41) is 12.4. The van der Waals surface area contributed by atoms with E-state index in [0.717, 1.165) is 28.9 Å². The van der Waals surface area contributed by atoms with E-state index < -0.39 is 5.97 Å². The van der Waals surface area contributed by atoms with Crippen molar-refractivity contribution in [2.24, 2.45) is 0 Å². The first-order valence-electron chi connectivity index (χ1n) is 10.3. The van der Waals surface area contributed by atoms with Gasteiger partial charge in [0.1, 0.15) is 6.54 Å². The van der Waals surface area contributed by atoms with Crippen molar-refractivity contribution in [2.45, 2.75) is 25.4 Å². The average molecular weight is 412 g/mol. The van der Waals surface area contributed by atoms with Gasteiger partial charge in [-0.2, -0.15) is 0 Å². The molecule has 0 spiro atoms. The van der Waals surface area contributed by atoms with E-state index in [2.05, 4.69) is 17.5 Å². The Labute approximate surface area is 181 Å². The summed E-state index contributed by atoms with van der Waals surface area (Å²) in [4.78, 5) is 24.0. The summed E-state index contributed by atoms with van der Waals surface area (Å²) in [7, 11) is 0. The van der Waals surface area contributed by atoms with Gasteiger partial charge in [0.25, 0.3) is 5.91 Å². The van der Waals surface area contributed by atoms with Gasteiger partial charge in [-0.3, -0.25) is 9.59 Å². The van der Waals surface area contributed by atoms with Crippen LogP contribution in [0, 0.1) is 0 Å². The molecule has 1 amide bonds. The normalized spacial score (nSPS) is 15.0. The second-order valence-electron chi connectivity index (χ2n) is 7.52. The summed E-state index contributed by atoms with van der Waals surface area (Å²) in [5.74, 6) is -0.872. The molecule has 2 N–H and O–H groups in total. The van der Waals surface area contributed by atoms with Crippen LogP contribution in [0.4, 0.5) is 0 Å². The van der Waals surface area contributed by atoms with E-state index in [0.29, 0.717) is 12.1 Å². The molecule has 1 heterocycles. The zero-order valence-corrected chi connectivity index (χ0v) is 17.1. The van der Waals surface area contributed by atoms with Crippen LogP contribution in [-0.4, -0.2) is 21.6 Å². The lowest BCUT2D eigenvalue weighted by atomic mass is 9.97. The first-order chi connectivity index (χ1) is 15.1. The molecule has 0 bridgehead atoms. The summed E-state index contributed by atoms with van der Waals surface area (Å²) in [5.41, 5.74) is 4.29. The molecule has 3 aromatic rings. The topological polar surface area (TPSA) is 71.3 Å². The van der Waals surface area contributed by atoms with E-state index in [-0.39, 0.29) is 18.4 Å². The number of allylic oxidation sites excluding steroid dienone is 4. The lowest BCUT2D eigenvalue weighted by Crippen LogP contribution is -2.22. The number of benzene rings is 2. The third kappa shape index (κ3) is 4.83.